The van der Waals surface area contributed by atoms with Crippen molar-refractivity contribution in [2.75, 3.05) is 7.05 Å². The van der Waals surface area contributed by atoms with E-state index in [0.717, 1.165) is 11.3 Å². The minimum Gasteiger partial charge on any atom is -0.460 e. The zero-order valence-electron chi connectivity index (χ0n) is 22.8. The number of hydrogen-bond donors (Lipinski definition) is 3. The molecule has 0 fully saturated rings. The molecule has 0 saturated carbocycles. The van der Waals surface area contributed by atoms with Crippen molar-refractivity contribution in [2.45, 2.75) is 45.3 Å². The first-order valence-electron chi connectivity index (χ1n) is 13.2. The van der Waals surface area contributed by atoms with Crippen molar-refractivity contribution in [3.63, 3.8) is 0 Å². The number of benzene rings is 3. The molecule has 0 aliphatic carbocycles. The molecule has 0 aliphatic heterocycles. The van der Waals surface area contributed by atoms with E-state index in [0.29, 0.717) is 24.3 Å². The maximum Gasteiger partial charge on any atom is 0.253 e. The van der Waals surface area contributed by atoms with E-state index >= 15 is 0 Å². The fourth-order valence-electron chi connectivity index (χ4n) is 4.38. The van der Waals surface area contributed by atoms with Gasteiger partial charge in [-0.15, -0.1) is 0 Å². The molecular weight excluding hydrogens is 529 g/mol. The topological polar surface area (TPSA) is 83.4 Å². The molecule has 4 aromatic rings. The zero-order valence-corrected chi connectivity index (χ0v) is 23.5. The Morgan fingerprint density at radius 3 is 2.40 bits per heavy atom. The van der Waals surface area contributed by atoms with Gasteiger partial charge in [0.1, 0.15) is 17.3 Å². The summed E-state index contributed by atoms with van der Waals surface area (Å²) in [4.78, 5) is 25.4. The second-order valence-electron chi connectivity index (χ2n) is 9.85. The Labute approximate surface area is 238 Å². The summed E-state index contributed by atoms with van der Waals surface area (Å²) < 4.78 is 19.4. The fraction of sp³-hybridized carbons (Fsp3) is 0.250. The minimum atomic E-state index is -0.519. The van der Waals surface area contributed by atoms with E-state index in [2.05, 4.69) is 54.1 Å². The number of halogens is 2. The molecule has 4 rings (SSSR count). The number of rotatable bonds is 11. The summed E-state index contributed by atoms with van der Waals surface area (Å²) >= 11 is 6.41. The van der Waals surface area contributed by atoms with E-state index in [4.69, 9.17) is 16.0 Å². The molecule has 1 aromatic heterocycles. The monoisotopic (exact) mass is 561 g/mol. The maximum absolute atomic E-state index is 13.3. The van der Waals surface area contributed by atoms with Crippen LogP contribution in [0, 0.1) is 12.7 Å². The molecule has 2 unspecified atom stereocenters. The van der Waals surface area contributed by atoms with Crippen LogP contribution in [0.1, 0.15) is 52.2 Å². The normalized spacial score (nSPS) is 12.5. The third kappa shape index (κ3) is 7.81. The molecule has 0 spiro atoms. The summed E-state index contributed by atoms with van der Waals surface area (Å²) in [7, 11) is 1.54. The Morgan fingerprint density at radius 2 is 1.70 bits per heavy atom. The molecule has 0 saturated heterocycles. The smallest absolute Gasteiger partial charge is 0.253 e. The van der Waals surface area contributed by atoms with Gasteiger partial charge in [0.25, 0.3) is 5.91 Å². The third-order valence-corrected chi connectivity index (χ3v) is 7.09. The van der Waals surface area contributed by atoms with Crippen LogP contribution in [0.5, 0.6) is 0 Å². The Morgan fingerprint density at radius 1 is 0.975 bits per heavy atom. The first-order chi connectivity index (χ1) is 19.2. The molecule has 2 amide bonds. The third-order valence-electron chi connectivity index (χ3n) is 6.76. The van der Waals surface area contributed by atoms with E-state index in [-0.39, 0.29) is 34.8 Å². The number of hydrogen-bond acceptors (Lipinski definition) is 4. The van der Waals surface area contributed by atoms with Gasteiger partial charge < -0.3 is 20.4 Å². The predicted octanol–water partition coefficient (Wildman–Crippen LogP) is 6.38. The van der Waals surface area contributed by atoms with E-state index in [9.17, 15) is 14.0 Å². The van der Waals surface area contributed by atoms with Crippen LogP contribution in [-0.2, 0) is 17.8 Å². The van der Waals surface area contributed by atoms with E-state index in [1.54, 1.807) is 30.3 Å². The lowest BCUT2D eigenvalue weighted by Crippen LogP contribution is -2.40. The van der Waals surface area contributed by atoms with E-state index < -0.39 is 11.9 Å². The van der Waals surface area contributed by atoms with Gasteiger partial charge in [-0.25, -0.2) is 4.39 Å². The molecule has 0 aliphatic rings. The molecule has 1 heterocycles. The van der Waals surface area contributed by atoms with Gasteiger partial charge in [-0.3, -0.25) is 9.59 Å². The second-order valence-corrected chi connectivity index (χ2v) is 10.3. The van der Waals surface area contributed by atoms with E-state index in [1.165, 1.54) is 30.3 Å². The number of nitrogens with one attached hydrogen (secondary N) is 3. The maximum atomic E-state index is 13.3. The lowest BCUT2D eigenvalue weighted by atomic mass is 10.0. The quantitative estimate of drug-likeness (QED) is 0.198. The van der Waals surface area contributed by atoms with Gasteiger partial charge in [-0.1, -0.05) is 53.6 Å². The van der Waals surface area contributed by atoms with Crippen molar-refractivity contribution in [1.82, 2.24) is 16.0 Å². The largest absolute Gasteiger partial charge is 0.460 e. The van der Waals surface area contributed by atoms with Gasteiger partial charge in [-0.2, -0.15) is 0 Å². The van der Waals surface area contributed by atoms with Crippen molar-refractivity contribution >= 4 is 23.4 Å². The predicted molar refractivity (Wildman–Crippen MR) is 156 cm³/mol. The molecule has 2 atom stereocenters. The van der Waals surface area contributed by atoms with Crippen LogP contribution in [0.4, 0.5) is 4.39 Å². The molecular formula is C32H33ClFN3O3. The Hall–Kier alpha value is -3.94. The summed E-state index contributed by atoms with van der Waals surface area (Å²) in [6.07, 6.45) is 0.415. The van der Waals surface area contributed by atoms with E-state index in [1.807, 2.05) is 12.1 Å². The van der Waals surface area contributed by atoms with Crippen LogP contribution in [-0.4, -0.2) is 24.9 Å². The van der Waals surface area contributed by atoms with Crippen LogP contribution in [0.15, 0.2) is 83.3 Å². The number of carbonyl (C=O) groups is 2. The molecule has 3 N–H and O–H groups in total. The van der Waals surface area contributed by atoms with Crippen LogP contribution < -0.4 is 16.0 Å². The molecule has 208 valence electrons. The van der Waals surface area contributed by atoms with Crippen molar-refractivity contribution in [1.29, 1.82) is 0 Å². The molecule has 40 heavy (non-hydrogen) atoms. The first-order valence-corrected chi connectivity index (χ1v) is 13.5. The average molecular weight is 562 g/mol. The van der Waals surface area contributed by atoms with Crippen LogP contribution >= 0.6 is 11.6 Å². The Bertz CT molecular complexity index is 1450. The van der Waals surface area contributed by atoms with Crippen molar-refractivity contribution in [3.05, 3.63) is 118 Å². The number of amides is 2. The highest BCUT2D eigenvalue weighted by molar-refractivity contribution is 6.34. The number of carbonyl (C=O) groups excluding carboxylic acids is 2. The first kappa shape index (κ1) is 29.1. The van der Waals surface area contributed by atoms with Gasteiger partial charge in [-0.05, 0) is 73.9 Å². The minimum absolute atomic E-state index is 0.0620. The fourth-order valence-corrected chi connectivity index (χ4v) is 4.58. The van der Waals surface area contributed by atoms with Crippen molar-refractivity contribution in [3.8, 4) is 11.3 Å². The summed E-state index contributed by atoms with van der Waals surface area (Å²) in [5.41, 5.74) is 4.18. The van der Waals surface area contributed by atoms with Crippen LogP contribution in [0.2, 0.25) is 5.02 Å². The van der Waals surface area contributed by atoms with Crippen molar-refractivity contribution in [2.24, 2.45) is 0 Å². The Kier molecular flexibility index (Phi) is 9.74. The molecule has 3 aromatic carbocycles. The van der Waals surface area contributed by atoms with Gasteiger partial charge in [0.05, 0.1) is 17.1 Å². The van der Waals surface area contributed by atoms with Crippen LogP contribution in [0.25, 0.3) is 11.3 Å². The highest BCUT2D eigenvalue weighted by atomic mass is 35.5. The molecule has 0 bridgehead atoms. The summed E-state index contributed by atoms with van der Waals surface area (Å²) in [6, 6.07) is 22.9. The van der Waals surface area contributed by atoms with Crippen LogP contribution in [0.3, 0.4) is 0 Å². The highest BCUT2D eigenvalue weighted by Gasteiger charge is 2.20. The average Bonchev–Trinajstić information content (AvgIpc) is 3.42. The SMILES string of the molecule is CNC(=O)CC(Cc1ccc(F)cc1)NC(=O)c1cc(-c2ccc(CNC(C)c3ccc(C)cc3)o2)ccc1Cl. The van der Waals surface area contributed by atoms with Gasteiger partial charge in [0.15, 0.2) is 0 Å². The molecule has 6 nitrogen and oxygen atoms in total. The summed E-state index contributed by atoms with van der Waals surface area (Å²) in [5, 5.41) is 9.25. The zero-order chi connectivity index (χ0) is 28.6. The summed E-state index contributed by atoms with van der Waals surface area (Å²) in [6.45, 7) is 4.71. The lowest BCUT2D eigenvalue weighted by molar-refractivity contribution is -0.121. The highest BCUT2D eigenvalue weighted by Crippen LogP contribution is 2.27. The Balaban J connectivity index is 1.45. The lowest BCUT2D eigenvalue weighted by Gasteiger charge is -2.19. The standard InChI is InChI=1S/C32H33ClFN3O3/c1-20-4-8-23(9-5-20)21(2)36-19-27-13-15-30(40-27)24-10-14-29(33)28(17-24)32(39)37-26(18-31(38)35-3)16-22-6-11-25(34)12-7-22/h4-15,17,21,26,36H,16,18-19H2,1-3H3,(H,35,38)(H,37,39). The van der Waals surface area contributed by atoms with Gasteiger partial charge >= 0.3 is 0 Å². The van der Waals surface area contributed by atoms with Gasteiger partial charge in [0.2, 0.25) is 5.91 Å². The summed E-state index contributed by atoms with van der Waals surface area (Å²) in [5.74, 6) is 0.388. The number of furan rings is 1. The second kappa shape index (κ2) is 13.4. The number of aryl methyl sites for hydroxylation is 1. The molecule has 8 heteroatoms. The van der Waals surface area contributed by atoms with Crippen molar-refractivity contribution < 1.29 is 18.4 Å². The molecule has 0 radical (unpaired) electrons. The van der Waals surface area contributed by atoms with Gasteiger partial charge in [0, 0.05) is 31.1 Å².